The molecule has 1 aromatic heterocycles. The summed E-state index contributed by atoms with van der Waals surface area (Å²) in [5.41, 5.74) is 8.67. The molecule has 3 heteroatoms. The molecule has 98 valence electrons. The number of fused-ring (bicyclic) bond motifs is 1. The Bertz CT molecular complexity index is 804. The van der Waals surface area contributed by atoms with Crippen LogP contribution in [0.15, 0.2) is 54.7 Å². The van der Waals surface area contributed by atoms with E-state index in [0.29, 0.717) is 5.56 Å². The van der Waals surface area contributed by atoms with Crippen molar-refractivity contribution in [1.29, 1.82) is 0 Å². The summed E-state index contributed by atoms with van der Waals surface area (Å²) >= 11 is 0. The lowest BCUT2D eigenvalue weighted by Crippen LogP contribution is -2.12. The molecule has 0 aliphatic rings. The molecule has 1 heterocycles. The van der Waals surface area contributed by atoms with Gasteiger partial charge in [-0.2, -0.15) is 0 Å². The normalized spacial score (nSPS) is 10.7. The molecule has 0 bridgehead atoms. The van der Waals surface area contributed by atoms with E-state index in [1.54, 1.807) is 12.3 Å². The van der Waals surface area contributed by atoms with Gasteiger partial charge in [-0.25, -0.2) is 0 Å². The number of rotatable bonds is 2. The number of nitrogens with two attached hydrogens (primary N) is 1. The molecule has 0 atom stereocenters. The summed E-state index contributed by atoms with van der Waals surface area (Å²) in [4.78, 5) is 16.1. The first-order chi connectivity index (χ1) is 9.68. The van der Waals surface area contributed by atoms with Crippen LogP contribution >= 0.6 is 0 Å². The molecule has 3 nitrogen and oxygen atoms in total. The number of carbonyl (C=O) groups excluding carboxylic acids is 1. The summed E-state index contributed by atoms with van der Waals surface area (Å²) in [7, 11) is 0. The molecule has 20 heavy (non-hydrogen) atoms. The lowest BCUT2D eigenvalue weighted by atomic mass is 9.96. The van der Waals surface area contributed by atoms with Crippen LogP contribution in [0.3, 0.4) is 0 Å². The second-order valence-corrected chi connectivity index (χ2v) is 4.74. The Labute approximate surface area is 117 Å². The van der Waals surface area contributed by atoms with Gasteiger partial charge < -0.3 is 5.73 Å². The molecule has 2 aromatic carbocycles. The first-order valence-corrected chi connectivity index (χ1v) is 6.42. The van der Waals surface area contributed by atoms with Crippen LogP contribution in [-0.2, 0) is 0 Å². The summed E-state index contributed by atoms with van der Waals surface area (Å²) in [5.74, 6) is -0.437. The molecule has 0 aliphatic heterocycles. The summed E-state index contributed by atoms with van der Waals surface area (Å²) in [5, 5.41) is 2.16. The third-order valence-electron chi connectivity index (χ3n) is 3.45. The van der Waals surface area contributed by atoms with Crippen LogP contribution in [0.1, 0.15) is 15.9 Å². The van der Waals surface area contributed by atoms with Gasteiger partial charge in [0.1, 0.15) is 0 Å². The van der Waals surface area contributed by atoms with Gasteiger partial charge in [-0.15, -0.1) is 0 Å². The maximum absolute atomic E-state index is 11.6. The molecule has 0 radical (unpaired) electrons. The number of primary amides is 1. The summed E-state index contributed by atoms with van der Waals surface area (Å²) in [6, 6.07) is 15.4. The average Bonchev–Trinajstić information content (AvgIpc) is 2.47. The monoisotopic (exact) mass is 262 g/mol. The molecule has 2 N–H and O–H groups in total. The molecule has 3 aromatic rings. The number of amides is 1. The highest BCUT2D eigenvalue weighted by Gasteiger charge is 2.13. The molecule has 0 saturated heterocycles. The smallest absolute Gasteiger partial charge is 0.249 e. The van der Waals surface area contributed by atoms with Crippen molar-refractivity contribution in [1.82, 2.24) is 4.98 Å². The number of aromatic nitrogens is 1. The molecule has 1 amide bonds. The van der Waals surface area contributed by atoms with Crippen molar-refractivity contribution in [2.75, 3.05) is 0 Å². The fourth-order valence-corrected chi connectivity index (χ4v) is 2.52. The standard InChI is InChI=1S/C17H14N2O/c1-11-5-4-6-12-9-10-19-16(15(11)12)13-7-2-3-8-14(13)17(18)20/h2-10H,1H3,(H2,18,20). The van der Waals surface area contributed by atoms with Crippen LogP contribution in [0.2, 0.25) is 0 Å². The number of pyridine rings is 1. The van der Waals surface area contributed by atoms with Gasteiger partial charge in [0.05, 0.1) is 5.69 Å². The quantitative estimate of drug-likeness (QED) is 0.770. The van der Waals surface area contributed by atoms with Crippen LogP contribution in [-0.4, -0.2) is 10.9 Å². The maximum atomic E-state index is 11.6. The van der Waals surface area contributed by atoms with Gasteiger partial charge in [-0.3, -0.25) is 9.78 Å². The third-order valence-corrected chi connectivity index (χ3v) is 3.45. The number of aryl methyl sites for hydroxylation is 1. The van der Waals surface area contributed by atoms with Crippen molar-refractivity contribution in [3.63, 3.8) is 0 Å². The molecule has 3 rings (SSSR count). The predicted molar refractivity (Wildman–Crippen MR) is 80.4 cm³/mol. The van der Waals surface area contributed by atoms with Crippen molar-refractivity contribution in [2.24, 2.45) is 5.73 Å². The van der Waals surface area contributed by atoms with Crippen LogP contribution in [0, 0.1) is 6.92 Å². The Kier molecular flexibility index (Phi) is 2.95. The average molecular weight is 262 g/mol. The van der Waals surface area contributed by atoms with Crippen molar-refractivity contribution in [2.45, 2.75) is 6.92 Å². The fourth-order valence-electron chi connectivity index (χ4n) is 2.52. The topological polar surface area (TPSA) is 56.0 Å². The van der Waals surface area contributed by atoms with E-state index in [1.165, 1.54) is 0 Å². The van der Waals surface area contributed by atoms with E-state index >= 15 is 0 Å². The van der Waals surface area contributed by atoms with Crippen molar-refractivity contribution >= 4 is 16.7 Å². The van der Waals surface area contributed by atoms with Gasteiger partial charge in [0.25, 0.3) is 0 Å². The van der Waals surface area contributed by atoms with Crippen LogP contribution < -0.4 is 5.73 Å². The minimum absolute atomic E-state index is 0.437. The number of hydrogen-bond donors (Lipinski definition) is 1. The molecular formula is C17H14N2O. The van der Waals surface area contributed by atoms with Crippen LogP contribution in [0.4, 0.5) is 0 Å². The molecule has 0 unspecified atom stereocenters. The van der Waals surface area contributed by atoms with E-state index in [2.05, 4.69) is 4.98 Å². The highest BCUT2D eigenvalue weighted by atomic mass is 16.1. The van der Waals surface area contributed by atoms with E-state index in [0.717, 1.165) is 27.6 Å². The number of nitrogens with zero attached hydrogens (tertiary/aromatic N) is 1. The predicted octanol–water partition coefficient (Wildman–Crippen LogP) is 3.31. The second-order valence-electron chi connectivity index (χ2n) is 4.74. The van der Waals surface area contributed by atoms with E-state index in [9.17, 15) is 4.79 Å². The Morgan fingerprint density at radius 3 is 2.65 bits per heavy atom. The summed E-state index contributed by atoms with van der Waals surface area (Å²) < 4.78 is 0. The van der Waals surface area contributed by atoms with E-state index in [-0.39, 0.29) is 0 Å². The Hall–Kier alpha value is -2.68. The Morgan fingerprint density at radius 1 is 1.05 bits per heavy atom. The number of benzene rings is 2. The Balaban J connectivity index is 2.39. The van der Waals surface area contributed by atoms with Gasteiger partial charge in [0.15, 0.2) is 0 Å². The zero-order valence-electron chi connectivity index (χ0n) is 11.1. The maximum Gasteiger partial charge on any atom is 0.249 e. The molecule has 0 saturated carbocycles. The summed E-state index contributed by atoms with van der Waals surface area (Å²) in [6.45, 7) is 2.04. The molecule has 0 fully saturated rings. The zero-order chi connectivity index (χ0) is 14.1. The summed E-state index contributed by atoms with van der Waals surface area (Å²) in [6.07, 6.45) is 1.76. The van der Waals surface area contributed by atoms with Gasteiger partial charge >= 0.3 is 0 Å². The number of carbonyl (C=O) groups is 1. The second kappa shape index (κ2) is 4.78. The van der Waals surface area contributed by atoms with Gasteiger partial charge in [-0.1, -0.05) is 36.4 Å². The number of hydrogen-bond acceptors (Lipinski definition) is 2. The van der Waals surface area contributed by atoms with Crippen molar-refractivity contribution < 1.29 is 4.79 Å². The molecular weight excluding hydrogens is 248 g/mol. The van der Waals surface area contributed by atoms with E-state index < -0.39 is 5.91 Å². The Morgan fingerprint density at radius 2 is 1.85 bits per heavy atom. The van der Waals surface area contributed by atoms with Gasteiger partial charge in [-0.05, 0) is 30.0 Å². The van der Waals surface area contributed by atoms with Crippen LogP contribution in [0.5, 0.6) is 0 Å². The minimum Gasteiger partial charge on any atom is -0.366 e. The van der Waals surface area contributed by atoms with Crippen LogP contribution in [0.25, 0.3) is 22.0 Å². The fraction of sp³-hybridized carbons (Fsp3) is 0.0588. The van der Waals surface area contributed by atoms with E-state index in [1.807, 2.05) is 49.4 Å². The lowest BCUT2D eigenvalue weighted by Gasteiger charge is -2.11. The van der Waals surface area contributed by atoms with Gasteiger partial charge in [0.2, 0.25) is 5.91 Å². The highest BCUT2D eigenvalue weighted by Crippen LogP contribution is 2.30. The van der Waals surface area contributed by atoms with E-state index in [4.69, 9.17) is 5.73 Å². The molecule has 0 spiro atoms. The molecule has 0 aliphatic carbocycles. The minimum atomic E-state index is -0.437. The third kappa shape index (κ3) is 1.93. The largest absolute Gasteiger partial charge is 0.366 e. The highest BCUT2D eigenvalue weighted by molar-refractivity contribution is 6.05. The lowest BCUT2D eigenvalue weighted by molar-refractivity contribution is 0.100. The van der Waals surface area contributed by atoms with Crippen molar-refractivity contribution in [3.8, 4) is 11.3 Å². The van der Waals surface area contributed by atoms with Crippen molar-refractivity contribution in [3.05, 3.63) is 65.9 Å². The first-order valence-electron chi connectivity index (χ1n) is 6.42. The SMILES string of the molecule is Cc1cccc2ccnc(-c3ccccc3C(N)=O)c12. The first kappa shape index (κ1) is 12.4. The zero-order valence-corrected chi connectivity index (χ0v) is 11.1. The van der Waals surface area contributed by atoms with Gasteiger partial charge in [0, 0.05) is 22.7 Å².